The van der Waals surface area contributed by atoms with Crippen LogP contribution in [-0.2, 0) is 4.79 Å². The molecule has 0 saturated heterocycles. The second-order valence-electron chi connectivity index (χ2n) is 5.56. The molecule has 0 spiro atoms. The Morgan fingerprint density at radius 2 is 1.80 bits per heavy atom. The highest BCUT2D eigenvalue weighted by Gasteiger charge is 2.43. The van der Waals surface area contributed by atoms with Gasteiger partial charge >= 0.3 is 0 Å². The molecule has 2 saturated carbocycles. The number of hydrogen-bond acceptors (Lipinski definition) is 2. The van der Waals surface area contributed by atoms with Crippen molar-refractivity contribution in [2.75, 3.05) is 6.54 Å². The predicted molar refractivity (Wildman–Crippen MR) is 60.4 cm³/mol. The zero-order valence-corrected chi connectivity index (χ0v) is 9.64. The van der Waals surface area contributed by atoms with Crippen molar-refractivity contribution in [1.82, 2.24) is 5.32 Å². The molecule has 86 valence electrons. The number of amides is 1. The lowest BCUT2D eigenvalue weighted by atomic mass is 9.76. The number of hydrogen-bond donors (Lipinski definition) is 2. The Morgan fingerprint density at radius 1 is 1.20 bits per heavy atom. The van der Waals surface area contributed by atoms with Crippen LogP contribution in [0, 0.1) is 5.41 Å². The third-order valence-electron chi connectivity index (χ3n) is 4.31. The normalized spacial score (nSPS) is 27.1. The van der Waals surface area contributed by atoms with Crippen molar-refractivity contribution in [3.05, 3.63) is 0 Å². The first kappa shape index (κ1) is 10.9. The number of carbonyl (C=O) groups excluding carboxylic acids is 1. The van der Waals surface area contributed by atoms with Crippen LogP contribution in [0.25, 0.3) is 0 Å². The molecule has 0 atom stereocenters. The Balaban J connectivity index is 1.99. The second-order valence-corrected chi connectivity index (χ2v) is 5.56. The quantitative estimate of drug-likeness (QED) is 0.743. The average Bonchev–Trinajstić information content (AvgIpc) is 2.64. The molecule has 3 nitrogen and oxygen atoms in total. The molecule has 0 aromatic carbocycles. The van der Waals surface area contributed by atoms with E-state index in [2.05, 4.69) is 12.2 Å². The zero-order chi connectivity index (χ0) is 10.9. The van der Waals surface area contributed by atoms with Crippen molar-refractivity contribution in [3.63, 3.8) is 0 Å². The average molecular weight is 210 g/mol. The molecule has 0 radical (unpaired) electrons. The van der Waals surface area contributed by atoms with Crippen LogP contribution in [0.1, 0.15) is 51.9 Å². The van der Waals surface area contributed by atoms with E-state index in [9.17, 15) is 4.79 Å². The van der Waals surface area contributed by atoms with Crippen LogP contribution in [0.5, 0.6) is 0 Å². The molecule has 3 N–H and O–H groups in total. The highest BCUT2D eigenvalue weighted by molar-refractivity contribution is 5.84. The van der Waals surface area contributed by atoms with Crippen LogP contribution in [0.2, 0.25) is 0 Å². The van der Waals surface area contributed by atoms with Gasteiger partial charge in [-0.2, -0.15) is 0 Å². The van der Waals surface area contributed by atoms with E-state index in [1.54, 1.807) is 0 Å². The van der Waals surface area contributed by atoms with E-state index in [1.807, 2.05) is 0 Å². The fraction of sp³-hybridized carbons (Fsp3) is 0.917. The smallest absolute Gasteiger partial charge is 0.227 e. The van der Waals surface area contributed by atoms with Gasteiger partial charge in [-0.05, 0) is 39.0 Å². The maximum atomic E-state index is 12.2. The first-order valence-electron chi connectivity index (χ1n) is 6.13. The van der Waals surface area contributed by atoms with Crippen LogP contribution in [0.15, 0.2) is 0 Å². The maximum Gasteiger partial charge on any atom is 0.227 e. The van der Waals surface area contributed by atoms with E-state index in [0.717, 1.165) is 38.5 Å². The van der Waals surface area contributed by atoms with Crippen LogP contribution >= 0.6 is 0 Å². The summed E-state index contributed by atoms with van der Waals surface area (Å²) in [5.74, 6) is 0.213. The van der Waals surface area contributed by atoms with Gasteiger partial charge in [-0.3, -0.25) is 4.79 Å². The minimum Gasteiger partial charge on any atom is -0.350 e. The van der Waals surface area contributed by atoms with Gasteiger partial charge in [0.15, 0.2) is 0 Å². The summed E-state index contributed by atoms with van der Waals surface area (Å²) in [6, 6.07) is 0. The monoisotopic (exact) mass is 210 g/mol. The standard InChI is InChI=1S/C12H22N2O/c1-11(5-4-6-11)14-10(15)12(9-13)7-2-3-8-12/h2-9,13H2,1H3,(H,14,15). The minimum absolute atomic E-state index is 0.0713. The molecule has 2 aliphatic rings. The van der Waals surface area contributed by atoms with E-state index in [-0.39, 0.29) is 16.9 Å². The fourth-order valence-electron chi connectivity index (χ4n) is 2.81. The topological polar surface area (TPSA) is 55.1 Å². The second kappa shape index (κ2) is 3.78. The minimum atomic E-state index is -0.237. The molecule has 2 fully saturated rings. The Kier molecular flexibility index (Phi) is 2.75. The third kappa shape index (κ3) is 1.89. The van der Waals surface area contributed by atoms with Crippen molar-refractivity contribution in [3.8, 4) is 0 Å². The van der Waals surface area contributed by atoms with Crippen molar-refractivity contribution in [2.24, 2.45) is 11.1 Å². The lowest BCUT2D eigenvalue weighted by Gasteiger charge is -2.42. The number of carbonyl (C=O) groups is 1. The summed E-state index contributed by atoms with van der Waals surface area (Å²) in [4.78, 5) is 12.2. The van der Waals surface area contributed by atoms with E-state index >= 15 is 0 Å². The number of nitrogens with two attached hydrogens (primary N) is 1. The predicted octanol–water partition coefficient (Wildman–Crippen LogP) is 1.56. The molecular weight excluding hydrogens is 188 g/mol. The van der Waals surface area contributed by atoms with Crippen LogP contribution < -0.4 is 11.1 Å². The molecule has 2 rings (SSSR count). The largest absolute Gasteiger partial charge is 0.350 e. The molecule has 0 aliphatic heterocycles. The van der Waals surface area contributed by atoms with Gasteiger partial charge in [0.1, 0.15) is 0 Å². The molecular formula is C12H22N2O. The summed E-state index contributed by atoms with van der Waals surface area (Å²) in [6.07, 6.45) is 7.75. The van der Waals surface area contributed by atoms with Gasteiger partial charge in [0, 0.05) is 12.1 Å². The molecule has 2 aliphatic carbocycles. The Hall–Kier alpha value is -0.570. The highest BCUT2D eigenvalue weighted by atomic mass is 16.2. The van der Waals surface area contributed by atoms with Gasteiger partial charge in [-0.1, -0.05) is 12.8 Å². The third-order valence-corrected chi connectivity index (χ3v) is 4.31. The summed E-state index contributed by atoms with van der Waals surface area (Å²) in [5, 5.41) is 3.21. The molecule has 0 aromatic heterocycles. The molecule has 0 bridgehead atoms. The van der Waals surface area contributed by atoms with Crippen LogP contribution in [0.3, 0.4) is 0 Å². The van der Waals surface area contributed by atoms with E-state index in [4.69, 9.17) is 5.73 Å². The summed E-state index contributed by atoms with van der Waals surface area (Å²) < 4.78 is 0. The Labute approximate surface area is 91.8 Å². The van der Waals surface area contributed by atoms with Gasteiger partial charge in [-0.15, -0.1) is 0 Å². The zero-order valence-electron chi connectivity index (χ0n) is 9.64. The number of rotatable bonds is 3. The summed E-state index contributed by atoms with van der Waals surface area (Å²) in [7, 11) is 0. The van der Waals surface area contributed by atoms with Crippen LogP contribution in [0.4, 0.5) is 0 Å². The highest BCUT2D eigenvalue weighted by Crippen LogP contribution is 2.39. The Bertz CT molecular complexity index is 252. The summed E-state index contributed by atoms with van der Waals surface area (Å²) in [6.45, 7) is 2.66. The lowest BCUT2D eigenvalue weighted by Crippen LogP contribution is -2.56. The van der Waals surface area contributed by atoms with Gasteiger partial charge < -0.3 is 11.1 Å². The van der Waals surface area contributed by atoms with Crippen molar-refractivity contribution < 1.29 is 4.79 Å². The maximum absolute atomic E-state index is 12.2. The van der Waals surface area contributed by atoms with Crippen molar-refractivity contribution >= 4 is 5.91 Å². The van der Waals surface area contributed by atoms with Gasteiger partial charge in [-0.25, -0.2) is 0 Å². The van der Waals surface area contributed by atoms with Crippen molar-refractivity contribution in [1.29, 1.82) is 0 Å². The first-order valence-corrected chi connectivity index (χ1v) is 6.13. The molecule has 3 heteroatoms. The fourth-order valence-corrected chi connectivity index (χ4v) is 2.81. The van der Waals surface area contributed by atoms with Gasteiger partial charge in [0.05, 0.1) is 5.41 Å². The SMILES string of the molecule is CC1(NC(=O)C2(CN)CCCC2)CCC1. The molecule has 15 heavy (non-hydrogen) atoms. The first-order chi connectivity index (χ1) is 7.10. The Morgan fingerprint density at radius 3 is 2.20 bits per heavy atom. The molecule has 0 aromatic rings. The van der Waals surface area contributed by atoms with Crippen molar-refractivity contribution in [2.45, 2.75) is 57.4 Å². The van der Waals surface area contributed by atoms with E-state index < -0.39 is 0 Å². The molecule has 0 unspecified atom stereocenters. The lowest BCUT2D eigenvalue weighted by molar-refractivity contribution is -0.133. The van der Waals surface area contributed by atoms with E-state index in [1.165, 1.54) is 6.42 Å². The van der Waals surface area contributed by atoms with Gasteiger partial charge in [0.25, 0.3) is 0 Å². The molecule has 0 heterocycles. The number of nitrogens with one attached hydrogen (secondary N) is 1. The molecule has 1 amide bonds. The summed E-state index contributed by atoms with van der Waals surface area (Å²) >= 11 is 0. The van der Waals surface area contributed by atoms with Crippen LogP contribution in [-0.4, -0.2) is 18.0 Å². The van der Waals surface area contributed by atoms with Gasteiger partial charge in [0.2, 0.25) is 5.91 Å². The van der Waals surface area contributed by atoms with E-state index in [0.29, 0.717) is 6.54 Å². The summed E-state index contributed by atoms with van der Waals surface area (Å²) in [5.41, 5.74) is 5.62.